The van der Waals surface area contributed by atoms with Crippen LogP contribution in [0.3, 0.4) is 0 Å². The highest BCUT2D eigenvalue weighted by Crippen LogP contribution is 2.23. The van der Waals surface area contributed by atoms with E-state index in [2.05, 4.69) is 5.32 Å². The van der Waals surface area contributed by atoms with Gasteiger partial charge in [0.25, 0.3) is 5.91 Å². The fraction of sp³-hybridized carbons (Fsp3) is 0.176. The molecule has 5 heteroatoms. The molecule has 0 aliphatic rings. The topological polar surface area (TPSA) is 75.6 Å². The Morgan fingerprint density at radius 1 is 1.09 bits per heavy atom. The molecule has 2 N–H and O–H groups in total. The predicted octanol–water partition coefficient (Wildman–Crippen LogP) is 2.18. The highest BCUT2D eigenvalue weighted by Gasteiger charge is 2.21. The van der Waals surface area contributed by atoms with Crippen LogP contribution in [-0.4, -0.2) is 36.7 Å². The molecule has 0 aromatic heterocycles. The van der Waals surface area contributed by atoms with Crippen LogP contribution in [0.15, 0.2) is 54.6 Å². The van der Waals surface area contributed by atoms with Gasteiger partial charge in [0.05, 0.1) is 6.61 Å². The van der Waals surface area contributed by atoms with Gasteiger partial charge in [0.15, 0.2) is 6.04 Å². The molecule has 0 heterocycles. The van der Waals surface area contributed by atoms with Gasteiger partial charge in [-0.05, 0) is 17.2 Å². The lowest BCUT2D eigenvalue weighted by molar-refractivity contribution is -0.140. The van der Waals surface area contributed by atoms with Crippen molar-refractivity contribution in [2.45, 2.75) is 6.04 Å². The molecule has 0 spiro atoms. The molecule has 5 nitrogen and oxygen atoms in total. The summed E-state index contributed by atoms with van der Waals surface area (Å²) in [5.41, 5.74) is 2.07. The summed E-state index contributed by atoms with van der Waals surface area (Å²) in [5, 5.41) is 11.6. The monoisotopic (exact) mass is 299 g/mol. The fourth-order valence-electron chi connectivity index (χ4n) is 2.13. The Morgan fingerprint density at radius 2 is 1.73 bits per heavy atom. The molecule has 1 amide bonds. The van der Waals surface area contributed by atoms with Gasteiger partial charge in [0.2, 0.25) is 0 Å². The number of nitrogens with one attached hydrogen (secondary N) is 1. The van der Waals surface area contributed by atoms with Crippen LogP contribution in [0.5, 0.6) is 0 Å². The molecule has 22 heavy (non-hydrogen) atoms. The average Bonchev–Trinajstić information content (AvgIpc) is 2.55. The molecular formula is C17H17NO4. The lowest BCUT2D eigenvalue weighted by atomic mass is 9.99. The lowest BCUT2D eigenvalue weighted by Crippen LogP contribution is -2.43. The van der Waals surface area contributed by atoms with Crippen LogP contribution in [0.4, 0.5) is 0 Å². The third kappa shape index (κ3) is 3.71. The average molecular weight is 299 g/mol. The maximum atomic E-state index is 12.4. The summed E-state index contributed by atoms with van der Waals surface area (Å²) in [4.78, 5) is 23.5. The second kappa shape index (κ2) is 7.38. The summed E-state index contributed by atoms with van der Waals surface area (Å²) in [6, 6.07) is 15.5. The first-order valence-electron chi connectivity index (χ1n) is 6.80. The van der Waals surface area contributed by atoms with E-state index in [9.17, 15) is 9.59 Å². The van der Waals surface area contributed by atoms with Crippen LogP contribution in [0.1, 0.15) is 10.4 Å². The summed E-state index contributed by atoms with van der Waals surface area (Å²) in [6.45, 7) is -0.0887. The van der Waals surface area contributed by atoms with Gasteiger partial charge in [0, 0.05) is 12.7 Å². The number of carbonyl (C=O) groups is 2. The van der Waals surface area contributed by atoms with Crippen molar-refractivity contribution < 1.29 is 19.4 Å². The number of hydrogen-bond donors (Lipinski definition) is 2. The van der Waals surface area contributed by atoms with E-state index in [4.69, 9.17) is 9.84 Å². The molecule has 0 fully saturated rings. The smallest absolute Gasteiger partial charge is 0.328 e. The fourth-order valence-corrected chi connectivity index (χ4v) is 2.13. The summed E-state index contributed by atoms with van der Waals surface area (Å²) in [6.07, 6.45) is 0. The van der Waals surface area contributed by atoms with E-state index < -0.39 is 17.9 Å². The number of ether oxygens (including phenoxy) is 1. The Balaban J connectivity index is 2.29. The van der Waals surface area contributed by atoms with Crippen LogP contribution in [0.25, 0.3) is 11.1 Å². The Hall–Kier alpha value is -2.66. The van der Waals surface area contributed by atoms with E-state index in [1.165, 1.54) is 7.11 Å². The largest absolute Gasteiger partial charge is 0.480 e. The van der Waals surface area contributed by atoms with Crippen LogP contribution < -0.4 is 5.32 Å². The highest BCUT2D eigenvalue weighted by molar-refractivity contribution is 6.02. The maximum absolute atomic E-state index is 12.4. The quantitative estimate of drug-likeness (QED) is 0.857. The number of carboxylic acid groups (broad SMARTS) is 1. The van der Waals surface area contributed by atoms with E-state index in [1.807, 2.05) is 42.5 Å². The Labute approximate surface area is 128 Å². The zero-order chi connectivity index (χ0) is 15.9. The van der Waals surface area contributed by atoms with Gasteiger partial charge in [-0.3, -0.25) is 4.79 Å². The maximum Gasteiger partial charge on any atom is 0.328 e. The molecule has 2 aromatic rings. The minimum atomic E-state index is -1.13. The molecule has 0 saturated heterocycles. The number of hydrogen-bond acceptors (Lipinski definition) is 3. The standard InChI is InChI=1S/C17H17NO4/c1-22-11-15(17(20)21)18-16(19)14-10-6-5-9-13(14)12-7-3-2-4-8-12/h2-10,15H,11H2,1H3,(H,18,19)(H,20,21)/t15-/m0/s1. The van der Waals surface area contributed by atoms with E-state index in [0.717, 1.165) is 11.1 Å². The number of amides is 1. The van der Waals surface area contributed by atoms with Gasteiger partial charge < -0.3 is 15.2 Å². The van der Waals surface area contributed by atoms with Crippen LogP contribution >= 0.6 is 0 Å². The molecule has 0 saturated carbocycles. The van der Waals surface area contributed by atoms with Gasteiger partial charge in [-0.25, -0.2) is 4.79 Å². The molecule has 2 rings (SSSR count). The van der Waals surface area contributed by atoms with Crippen LogP contribution in [0.2, 0.25) is 0 Å². The first-order chi connectivity index (χ1) is 10.6. The zero-order valence-corrected chi connectivity index (χ0v) is 12.2. The molecule has 0 aliphatic heterocycles. The molecule has 0 aliphatic carbocycles. The number of rotatable bonds is 6. The molecule has 1 atom stereocenters. The Bertz CT molecular complexity index is 655. The van der Waals surface area contributed by atoms with Crippen molar-refractivity contribution in [2.24, 2.45) is 0 Å². The lowest BCUT2D eigenvalue weighted by Gasteiger charge is -2.15. The van der Waals surface area contributed by atoms with Crippen molar-refractivity contribution in [3.8, 4) is 11.1 Å². The van der Waals surface area contributed by atoms with E-state index >= 15 is 0 Å². The highest BCUT2D eigenvalue weighted by atomic mass is 16.5. The first kappa shape index (κ1) is 15.7. The van der Waals surface area contributed by atoms with Crippen molar-refractivity contribution in [3.05, 3.63) is 60.2 Å². The summed E-state index contributed by atoms with van der Waals surface area (Å²) in [5.74, 6) is -1.57. The van der Waals surface area contributed by atoms with Gasteiger partial charge in [-0.1, -0.05) is 48.5 Å². The molecule has 114 valence electrons. The van der Waals surface area contributed by atoms with Crippen molar-refractivity contribution in [2.75, 3.05) is 13.7 Å². The third-order valence-electron chi connectivity index (χ3n) is 3.19. The van der Waals surface area contributed by atoms with E-state index in [-0.39, 0.29) is 6.61 Å². The van der Waals surface area contributed by atoms with Crippen molar-refractivity contribution >= 4 is 11.9 Å². The number of benzene rings is 2. The molecule has 0 radical (unpaired) electrons. The van der Waals surface area contributed by atoms with Crippen molar-refractivity contribution in [1.82, 2.24) is 5.32 Å². The van der Waals surface area contributed by atoms with Crippen molar-refractivity contribution in [1.29, 1.82) is 0 Å². The predicted molar refractivity (Wildman–Crippen MR) is 82.6 cm³/mol. The van der Waals surface area contributed by atoms with Crippen LogP contribution in [0, 0.1) is 0 Å². The zero-order valence-electron chi connectivity index (χ0n) is 12.2. The summed E-state index contributed by atoms with van der Waals surface area (Å²) < 4.78 is 4.82. The summed E-state index contributed by atoms with van der Waals surface area (Å²) in [7, 11) is 1.39. The Morgan fingerprint density at radius 3 is 2.36 bits per heavy atom. The Kier molecular flexibility index (Phi) is 5.27. The van der Waals surface area contributed by atoms with Gasteiger partial charge in [0.1, 0.15) is 0 Å². The molecule has 0 unspecified atom stereocenters. The van der Waals surface area contributed by atoms with Gasteiger partial charge >= 0.3 is 5.97 Å². The van der Waals surface area contributed by atoms with Crippen molar-refractivity contribution in [3.63, 3.8) is 0 Å². The molecular weight excluding hydrogens is 282 g/mol. The van der Waals surface area contributed by atoms with Gasteiger partial charge in [-0.15, -0.1) is 0 Å². The van der Waals surface area contributed by atoms with Crippen LogP contribution in [-0.2, 0) is 9.53 Å². The summed E-state index contributed by atoms with van der Waals surface area (Å²) >= 11 is 0. The third-order valence-corrected chi connectivity index (χ3v) is 3.19. The second-order valence-electron chi connectivity index (χ2n) is 4.73. The van der Waals surface area contributed by atoms with E-state index in [1.54, 1.807) is 12.1 Å². The number of carboxylic acids is 1. The normalized spacial score (nSPS) is 11.7. The number of carbonyl (C=O) groups excluding carboxylic acids is 1. The number of aliphatic carboxylic acids is 1. The number of methoxy groups -OCH3 is 1. The molecule has 0 bridgehead atoms. The second-order valence-corrected chi connectivity index (χ2v) is 4.73. The minimum Gasteiger partial charge on any atom is -0.480 e. The first-order valence-corrected chi connectivity index (χ1v) is 6.80. The minimum absolute atomic E-state index is 0.0887. The molecule has 2 aromatic carbocycles. The van der Waals surface area contributed by atoms with E-state index in [0.29, 0.717) is 5.56 Å². The SMILES string of the molecule is COC[C@H](NC(=O)c1ccccc1-c1ccccc1)C(=O)O. The van der Waals surface area contributed by atoms with Gasteiger partial charge in [-0.2, -0.15) is 0 Å².